The molecule has 0 aromatic rings. The molecule has 2 unspecified atom stereocenters. The third-order valence-corrected chi connectivity index (χ3v) is 4.32. The molecule has 0 rings (SSSR count). The number of carbonyl (C=O) groups excluding carboxylic acids is 2. The zero-order valence-electron chi connectivity index (χ0n) is 19.6. The van der Waals surface area contributed by atoms with E-state index in [1.165, 1.54) is 0 Å². The van der Waals surface area contributed by atoms with Crippen LogP contribution in [-0.2, 0) is 55.3 Å². The van der Waals surface area contributed by atoms with Gasteiger partial charge in [-0.25, -0.2) is 9.59 Å². The van der Waals surface area contributed by atoms with Crippen LogP contribution in [0.5, 0.6) is 0 Å². The van der Waals surface area contributed by atoms with Crippen molar-refractivity contribution < 1.29 is 55.3 Å². The van der Waals surface area contributed by atoms with Gasteiger partial charge in [-0.1, -0.05) is 67.2 Å². The Kier molecular flexibility index (Phi) is 29.7. The van der Waals surface area contributed by atoms with Gasteiger partial charge >= 0.3 is 11.9 Å². The van der Waals surface area contributed by atoms with Gasteiger partial charge in [0, 0.05) is 26.2 Å². The van der Waals surface area contributed by atoms with E-state index in [1.807, 2.05) is 27.7 Å². The molecule has 6 nitrogen and oxygen atoms in total. The average molecular weight is 496 g/mol. The number of hydrogen-bond acceptors (Lipinski definition) is 6. The standard InChI is InChI=1S/2C11H22O3.Zr/c2*1-4-7-8-10(6-3)11(12)14-13-9-5-2;/h2*10H,4-9H2,1-3H3;. The molecule has 0 saturated carbocycles. The first-order chi connectivity index (χ1) is 13.5. The quantitative estimate of drug-likeness (QED) is 0.145. The Labute approximate surface area is 197 Å². The summed E-state index contributed by atoms with van der Waals surface area (Å²) < 4.78 is 0. The predicted molar refractivity (Wildman–Crippen MR) is 111 cm³/mol. The van der Waals surface area contributed by atoms with Crippen LogP contribution < -0.4 is 0 Å². The van der Waals surface area contributed by atoms with Crippen LogP contribution in [0.2, 0.25) is 0 Å². The molecule has 0 aromatic carbocycles. The van der Waals surface area contributed by atoms with E-state index in [0.29, 0.717) is 13.2 Å². The van der Waals surface area contributed by atoms with Gasteiger partial charge in [0.2, 0.25) is 0 Å². The first-order valence-corrected chi connectivity index (χ1v) is 11.2. The molecule has 0 amide bonds. The van der Waals surface area contributed by atoms with Gasteiger partial charge in [-0.15, -0.1) is 0 Å². The Morgan fingerprint density at radius 3 is 1.21 bits per heavy atom. The molecule has 0 fully saturated rings. The summed E-state index contributed by atoms with van der Waals surface area (Å²) in [6.45, 7) is 13.1. The summed E-state index contributed by atoms with van der Waals surface area (Å²) in [6, 6.07) is 0. The van der Waals surface area contributed by atoms with Gasteiger partial charge < -0.3 is 0 Å². The first kappa shape index (κ1) is 33.4. The zero-order valence-corrected chi connectivity index (χ0v) is 22.0. The molecular weight excluding hydrogens is 451 g/mol. The smallest absolute Gasteiger partial charge is 0.298 e. The normalized spacial score (nSPS) is 12.1. The number of carbonyl (C=O) groups is 2. The Morgan fingerprint density at radius 1 is 0.621 bits per heavy atom. The summed E-state index contributed by atoms with van der Waals surface area (Å²) in [5.74, 6) is -0.414. The maximum Gasteiger partial charge on any atom is 0.345 e. The summed E-state index contributed by atoms with van der Waals surface area (Å²) in [5.41, 5.74) is 0. The van der Waals surface area contributed by atoms with E-state index in [9.17, 15) is 9.59 Å². The number of hydrogen-bond donors (Lipinski definition) is 0. The van der Waals surface area contributed by atoms with Crippen molar-refractivity contribution in [2.45, 2.75) is 106 Å². The van der Waals surface area contributed by atoms with Gasteiger partial charge in [0.25, 0.3) is 0 Å². The van der Waals surface area contributed by atoms with E-state index < -0.39 is 0 Å². The Bertz CT molecular complexity index is 331. The van der Waals surface area contributed by atoms with E-state index in [-0.39, 0.29) is 50.0 Å². The molecule has 7 heteroatoms. The molecule has 0 N–H and O–H groups in total. The third-order valence-electron chi connectivity index (χ3n) is 4.32. The van der Waals surface area contributed by atoms with Gasteiger partial charge in [0.05, 0.1) is 25.0 Å². The van der Waals surface area contributed by atoms with Crippen LogP contribution in [0.25, 0.3) is 0 Å². The van der Waals surface area contributed by atoms with Crippen molar-refractivity contribution in [3.63, 3.8) is 0 Å². The fourth-order valence-electron chi connectivity index (χ4n) is 2.38. The number of unbranched alkanes of at least 4 members (excludes halogenated alkanes) is 2. The van der Waals surface area contributed by atoms with Crippen LogP contribution in [0.1, 0.15) is 106 Å². The molecule has 0 heterocycles. The second kappa shape index (κ2) is 25.8. The van der Waals surface area contributed by atoms with Crippen molar-refractivity contribution in [2.75, 3.05) is 13.2 Å². The van der Waals surface area contributed by atoms with Crippen LogP contribution in [0.4, 0.5) is 0 Å². The minimum absolute atomic E-state index is 0. The topological polar surface area (TPSA) is 71.1 Å². The summed E-state index contributed by atoms with van der Waals surface area (Å²) in [6.07, 6.45) is 9.55. The monoisotopic (exact) mass is 494 g/mol. The molecule has 0 spiro atoms. The fraction of sp³-hybridized carbons (Fsp3) is 0.909. The van der Waals surface area contributed by atoms with Gasteiger partial charge in [-0.2, -0.15) is 9.78 Å². The maximum atomic E-state index is 11.4. The maximum absolute atomic E-state index is 11.4. The summed E-state index contributed by atoms with van der Waals surface area (Å²) in [7, 11) is 0. The molecule has 0 aliphatic carbocycles. The van der Waals surface area contributed by atoms with Crippen molar-refractivity contribution in [3.8, 4) is 0 Å². The molecule has 0 aliphatic heterocycles. The largest absolute Gasteiger partial charge is 0.345 e. The fourth-order valence-corrected chi connectivity index (χ4v) is 2.38. The summed E-state index contributed by atoms with van der Waals surface area (Å²) in [5, 5.41) is 0. The molecule has 0 bridgehead atoms. The van der Waals surface area contributed by atoms with Crippen molar-refractivity contribution >= 4 is 11.9 Å². The summed E-state index contributed by atoms with van der Waals surface area (Å²) in [4.78, 5) is 41.7. The van der Waals surface area contributed by atoms with E-state index in [4.69, 9.17) is 19.6 Å². The molecule has 0 aliphatic rings. The Balaban J connectivity index is -0.000000451. The van der Waals surface area contributed by atoms with Crippen molar-refractivity contribution in [2.24, 2.45) is 11.8 Å². The van der Waals surface area contributed by atoms with E-state index in [2.05, 4.69) is 13.8 Å². The van der Waals surface area contributed by atoms with Crippen LogP contribution in [0.3, 0.4) is 0 Å². The second-order valence-corrected chi connectivity index (χ2v) is 6.94. The molecule has 2 atom stereocenters. The zero-order chi connectivity index (χ0) is 21.6. The molecule has 0 saturated heterocycles. The summed E-state index contributed by atoms with van der Waals surface area (Å²) >= 11 is 0. The molecule has 172 valence electrons. The minimum Gasteiger partial charge on any atom is -0.298 e. The average Bonchev–Trinajstić information content (AvgIpc) is 2.70. The van der Waals surface area contributed by atoms with Gasteiger partial charge in [0.15, 0.2) is 0 Å². The van der Waals surface area contributed by atoms with E-state index >= 15 is 0 Å². The minimum atomic E-state index is -0.214. The molecular formula is C22H44O6Zr. The third kappa shape index (κ3) is 20.8. The van der Waals surface area contributed by atoms with Crippen molar-refractivity contribution in [1.29, 1.82) is 0 Å². The number of rotatable bonds is 16. The van der Waals surface area contributed by atoms with Gasteiger partial charge in [-0.05, 0) is 38.5 Å². The van der Waals surface area contributed by atoms with Crippen LogP contribution in [0, 0.1) is 11.8 Å². The van der Waals surface area contributed by atoms with Crippen LogP contribution in [0.15, 0.2) is 0 Å². The van der Waals surface area contributed by atoms with Crippen LogP contribution in [-0.4, -0.2) is 25.2 Å². The van der Waals surface area contributed by atoms with E-state index in [1.54, 1.807) is 0 Å². The van der Waals surface area contributed by atoms with Crippen molar-refractivity contribution in [1.82, 2.24) is 0 Å². The van der Waals surface area contributed by atoms with Gasteiger partial charge in [0.1, 0.15) is 0 Å². The van der Waals surface area contributed by atoms with Crippen LogP contribution >= 0.6 is 0 Å². The van der Waals surface area contributed by atoms with Crippen molar-refractivity contribution in [3.05, 3.63) is 0 Å². The van der Waals surface area contributed by atoms with Gasteiger partial charge in [-0.3, -0.25) is 9.78 Å². The molecule has 29 heavy (non-hydrogen) atoms. The SMILES string of the molecule is CCCCC(CC)C(=O)OOCCC.CCCCC(CC)C(=O)OOCCC.[Zr]. The Morgan fingerprint density at radius 2 is 0.966 bits per heavy atom. The molecule has 0 aromatic heterocycles. The first-order valence-electron chi connectivity index (χ1n) is 11.2. The molecule has 0 radical (unpaired) electrons. The Hall–Kier alpha value is -0.257. The predicted octanol–water partition coefficient (Wildman–Crippen LogP) is 6.17. The van der Waals surface area contributed by atoms with E-state index in [0.717, 1.165) is 64.2 Å². The second-order valence-electron chi connectivity index (χ2n) is 6.94.